The van der Waals surface area contributed by atoms with Crippen molar-refractivity contribution in [1.29, 1.82) is 0 Å². The molecule has 0 aliphatic carbocycles. The number of carbonyl (C=O) groups is 2. The lowest BCUT2D eigenvalue weighted by atomic mass is 10.0. The summed E-state index contributed by atoms with van der Waals surface area (Å²) in [6, 6.07) is 11.3. The predicted molar refractivity (Wildman–Crippen MR) is 119 cm³/mol. The van der Waals surface area contributed by atoms with Crippen LogP contribution in [-0.4, -0.2) is 21.4 Å². The van der Waals surface area contributed by atoms with E-state index in [2.05, 4.69) is 0 Å². The topological polar surface area (TPSA) is 59.3 Å². The molecular weight excluding hydrogens is 459 g/mol. The Hall–Kier alpha value is -3.22. The Bertz CT molecular complexity index is 1390. The summed E-state index contributed by atoms with van der Waals surface area (Å²) >= 11 is 12.4. The van der Waals surface area contributed by atoms with Crippen LogP contribution in [0, 0.1) is 11.6 Å². The number of ketones is 1. The molecule has 3 aromatic carbocycles. The highest BCUT2D eigenvalue weighted by Crippen LogP contribution is 2.34. The van der Waals surface area contributed by atoms with E-state index in [0.29, 0.717) is 0 Å². The Morgan fingerprint density at radius 2 is 1.62 bits per heavy atom. The van der Waals surface area contributed by atoms with Crippen LogP contribution in [0.4, 0.5) is 8.78 Å². The molecule has 1 aromatic heterocycles. The summed E-state index contributed by atoms with van der Waals surface area (Å²) in [4.78, 5) is 24.8. The summed E-state index contributed by atoms with van der Waals surface area (Å²) < 4.78 is 31.6. The molecule has 1 heterocycles. The number of hydrogen-bond acceptors (Lipinski definition) is 2. The van der Waals surface area contributed by atoms with Crippen LogP contribution in [0.15, 0.2) is 54.7 Å². The fourth-order valence-electron chi connectivity index (χ4n) is 3.81. The molecule has 0 bridgehead atoms. The number of hydrogen-bond donors (Lipinski definition) is 1. The second-order valence-electron chi connectivity index (χ2n) is 7.06. The third-order valence-electron chi connectivity index (χ3n) is 5.28. The highest BCUT2D eigenvalue weighted by Gasteiger charge is 2.25. The molecule has 0 spiro atoms. The molecule has 0 radical (unpaired) electrons. The highest BCUT2D eigenvalue weighted by molar-refractivity contribution is 6.41. The summed E-state index contributed by atoms with van der Waals surface area (Å²) in [6.07, 6.45) is 1.45. The predicted octanol–water partition coefficient (Wildman–Crippen LogP) is 6.71. The minimum atomic E-state index is -1.25. The fourth-order valence-corrected chi connectivity index (χ4v) is 4.37. The van der Waals surface area contributed by atoms with Gasteiger partial charge in [-0.2, -0.15) is 0 Å². The molecule has 0 fully saturated rings. The van der Waals surface area contributed by atoms with Crippen molar-refractivity contribution in [2.45, 2.75) is 13.3 Å². The summed E-state index contributed by atoms with van der Waals surface area (Å²) in [5.74, 6) is -3.30. The molecular formula is C24H15Cl2F2NO3. The maximum absolute atomic E-state index is 15.4. The van der Waals surface area contributed by atoms with Gasteiger partial charge >= 0.3 is 5.97 Å². The first kappa shape index (κ1) is 22.0. The van der Waals surface area contributed by atoms with E-state index in [4.69, 9.17) is 23.2 Å². The second kappa shape index (κ2) is 8.37. The second-order valence-corrected chi connectivity index (χ2v) is 7.87. The van der Waals surface area contributed by atoms with Crippen molar-refractivity contribution >= 4 is 45.9 Å². The Labute approximate surface area is 191 Å². The molecule has 4 aromatic rings. The van der Waals surface area contributed by atoms with Gasteiger partial charge in [-0.1, -0.05) is 42.3 Å². The van der Waals surface area contributed by atoms with Crippen LogP contribution in [0.1, 0.15) is 38.8 Å². The molecule has 1 N–H and O–H groups in total. The lowest BCUT2D eigenvalue weighted by Gasteiger charge is -2.12. The van der Waals surface area contributed by atoms with Gasteiger partial charge in [0.25, 0.3) is 0 Å². The molecule has 0 atom stereocenters. The first-order chi connectivity index (χ1) is 15.3. The number of halogens is 4. The van der Waals surface area contributed by atoms with E-state index >= 15 is 4.39 Å². The minimum Gasteiger partial charge on any atom is -0.478 e. The smallest absolute Gasteiger partial charge is 0.336 e. The Morgan fingerprint density at radius 1 is 0.969 bits per heavy atom. The van der Waals surface area contributed by atoms with Crippen LogP contribution in [0.2, 0.25) is 10.0 Å². The SMILES string of the molecule is CCc1c(C(=O)O)ccc(-n2cc(C(=O)c3c(Cl)cccc3Cl)c3c(F)cccc32)c1F. The van der Waals surface area contributed by atoms with Gasteiger partial charge in [-0.25, -0.2) is 13.6 Å². The van der Waals surface area contributed by atoms with Crippen LogP contribution < -0.4 is 0 Å². The third kappa shape index (κ3) is 3.45. The fraction of sp³-hybridized carbons (Fsp3) is 0.0833. The number of aromatic carboxylic acids is 1. The molecule has 0 unspecified atom stereocenters. The van der Waals surface area contributed by atoms with Crippen LogP contribution in [0.5, 0.6) is 0 Å². The average molecular weight is 474 g/mol. The molecule has 4 rings (SSSR count). The van der Waals surface area contributed by atoms with E-state index < -0.39 is 23.4 Å². The van der Waals surface area contributed by atoms with Crippen molar-refractivity contribution < 1.29 is 23.5 Å². The van der Waals surface area contributed by atoms with Gasteiger partial charge in [0.05, 0.1) is 37.9 Å². The standard InChI is InChI=1S/C24H15Cl2F2NO3/c1-2-12-13(24(31)32)9-10-19(22(12)28)29-11-14(20-17(27)7-4-8-18(20)29)23(30)21-15(25)5-3-6-16(21)26/h3-11H,2H2,1H3,(H,31,32). The van der Waals surface area contributed by atoms with Crippen LogP contribution in [0.25, 0.3) is 16.6 Å². The van der Waals surface area contributed by atoms with Gasteiger partial charge in [0.15, 0.2) is 11.6 Å². The van der Waals surface area contributed by atoms with Crippen molar-refractivity contribution in [1.82, 2.24) is 4.57 Å². The van der Waals surface area contributed by atoms with Crippen LogP contribution in [0.3, 0.4) is 0 Å². The summed E-state index contributed by atoms with van der Waals surface area (Å²) in [5.41, 5.74) is 0.0417. The zero-order valence-corrected chi connectivity index (χ0v) is 18.1. The first-order valence-corrected chi connectivity index (χ1v) is 10.3. The van der Waals surface area contributed by atoms with E-state index in [-0.39, 0.29) is 55.3 Å². The van der Waals surface area contributed by atoms with E-state index in [0.717, 1.165) is 0 Å². The van der Waals surface area contributed by atoms with Gasteiger partial charge < -0.3 is 9.67 Å². The molecule has 8 heteroatoms. The molecule has 162 valence electrons. The number of aromatic nitrogens is 1. The maximum Gasteiger partial charge on any atom is 0.336 e. The molecule has 32 heavy (non-hydrogen) atoms. The number of nitrogens with zero attached hydrogens (tertiary/aromatic N) is 1. The first-order valence-electron chi connectivity index (χ1n) is 9.59. The normalized spacial score (nSPS) is 11.2. The third-order valence-corrected chi connectivity index (χ3v) is 5.91. The number of carboxylic acids is 1. The Balaban J connectivity index is 2.02. The molecule has 0 saturated carbocycles. The summed E-state index contributed by atoms with van der Waals surface area (Å²) in [6.45, 7) is 1.64. The molecule has 0 aliphatic heterocycles. The Morgan fingerprint density at radius 3 is 2.25 bits per heavy atom. The number of benzene rings is 3. The van der Waals surface area contributed by atoms with Gasteiger partial charge in [0.2, 0.25) is 0 Å². The molecule has 0 saturated heterocycles. The van der Waals surface area contributed by atoms with Crippen molar-refractivity contribution in [2.24, 2.45) is 0 Å². The lowest BCUT2D eigenvalue weighted by Crippen LogP contribution is -2.08. The quantitative estimate of drug-likeness (QED) is 0.327. The number of fused-ring (bicyclic) bond motifs is 1. The highest BCUT2D eigenvalue weighted by atomic mass is 35.5. The molecule has 4 nitrogen and oxygen atoms in total. The largest absolute Gasteiger partial charge is 0.478 e. The van der Waals surface area contributed by atoms with Crippen molar-refractivity contribution in [3.63, 3.8) is 0 Å². The van der Waals surface area contributed by atoms with E-state index in [9.17, 15) is 19.1 Å². The monoisotopic (exact) mass is 473 g/mol. The van der Waals surface area contributed by atoms with Gasteiger partial charge in [-0.05, 0) is 42.8 Å². The summed E-state index contributed by atoms with van der Waals surface area (Å²) in [5, 5.41) is 9.54. The number of carbonyl (C=O) groups excluding carboxylic acids is 1. The van der Waals surface area contributed by atoms with Gasteiger partial charge in [0, 0.05) is 17.1 Å². The Kier molecular flexibility index (Phi) is 5.75. The zero-order valence-electron chi connectivity index (χ0n) is 16.6. The van der Waals surface area contributed by atoms with Crippen molar-refractivity contribution in [2.75, 3.05) is 0 Å². The summed E-state index contributed by atoms with van der Waals surface area (Å²) in [7, 11) is 0. The van der Waals surface area contributed by atoms with Crippen LogP contribution >= 0.6 is 23.2 Å². The van der Waals surface area contributed by atoms with Crippen LogP contribution in [-0.2, 0) is 6.42 Å². The number of rotatable bonds is 5. The number of carboxylic acid groups (broad SMARTS) is 1. The average Bonchev–Trinajstić information content (AvgIpc) is 3.14. The van der Waals surface area contributed by atoms with Gasteiger partial charge in [0.1, 0.15) is 5.82 Å². The molecule has 0 aliphatic rings. The van der Waals surface area contributed by atoms with E-state index in [1.54, 1.807) is 19.1 Å². The minimum absolute atomic E-state index is 0.00763. The van der Waals surface area contributed by atoms with E-state index in [1.807, 2.05) is 0 Å². The van der Waals surface area contributed by atoms with Crippen molar-refractivity contribution in [3.05, 3.63) is 98.7 Å². The molecule has 0 amide bonds. The van der Waals surface area contributed by atoms with E-state index in [1.165, 1.54) is 47.2 Å². The maximum atomic E-state index is 15.4. The zero-order chi connectivity index (χ0) is 23.2. The lowest BCUT2D eigenvalue weighted by molar-refractivity contribution is 0.0695. The van der Waals surface area contributed by atoms with Gasteiger partial charge in [-0.3, -0.25) is 4.79 Å². The van der Waals surface area contributed by atoms with Gasteiger partial charge in [-0.15, -0.1) is 0 Å². The van der Waals surface area contributed by atoms with Crippen molar-refractivity contribution in [3.8, 4) is 5.69 Å².